The second-order valence-electron chi connectivity index (χ2n) is 4.21. The highest BCUT2D eigenvalue weighted by atomic mass is 35.5. The van der Waals surface area contributed by atoms with Crippen LogP contribution in [0.25, 0.3) is 5.69 Å². The quantitative estimate of drug-likeness (QED) is 0.767. The van der Waals surface area contributed by atoms with Crippen molar-refractivity contribution in [2.24, 2.45) is 0 Å². The number of benzene rings is 1. The summed E-state index contributed by atoms with van der Waals surface area (Å²) in [5, 5.41) is 8.94. The minimum Gasteiger partial charge on any atom is -0.347 e. The Morgan fingerprint density at radius 1 is 1.25 bits per heavy atom. The molecule has 0 atom stereocenters. The Kier molecular flexibility index (Phi) is 5.11. The first kappa shape index (κ1) is 15.0. The van der Waals surface area contributed by atoms with Gasteiger partial charge in [0.05, 0.1) is 11.9 Å². The molecule has 2 rings (SSSR count). The van der Waals surface area contributed by atoms with Crippen molar-refractivity contribution in [3.8, 4) is 5.69 Å². The van der Waals surface area contributed by atoms with Gasteiger partial charge in [0.25, 0.3) is 0 Å². The van der Waals surface area contributed by atoms with Crippen molar-refractivity contribution in [1.29, 1.82) is 0 Å². The molecule has 0 aliphatic heterocycles. The predicted octanol–water partition coefficient (Wildman–Crippen LogP) is 3.30. The average Bonchev–Trinajstić information content (AvgIpc) is 2.91. The van der Waals surface area contributed by atoms with E-state index in [0.29, 0.717) is 23.9 Å². The fraction of sp³-hybridized carbons (Fsp3) is 0.429. The highest BCUT2D eigenvalue weighted by Gasteiger charge is 2.16. The van der Waals surface area contributed by atoms with Gasteiger partial charge in [-0.2, -0.15) is 0 Å². The van der Waals surface area contributed by atoms with Crippen LogP contribution in [0.2, 0.25) is 5.02 Å². The maximum absolute atomic E-state index is 6.12. The van der Waals surface area contributed by atoms with E-state index < -0.39 is 6.29 Å². The van der Waals surface area contributed by atoms with Crippen LogP contribution in [-0.4, -0.2) is 28.2 Å². The van der Waals surface area contributed by atoms with Crippen molar-refractivity contribution in [2.45, 2.75) is 27.1 Å². The summed E-state index contributed by atoms with van der Waals surface area (Å²) in [6.07, 6.45) is 1.31. The molecule has 0 aliphatic rings. The summed E-state index contributed by atoms with van der Waals surface area (Å²) < 4.78 is 12.7. The fourth-order valence-electron chi connectivity index (χ4n) is 1.87. The van der Waals surface area contributed by atoms with E-state index in [1.54, 1.807) is 10.9 Å². The number of nitrogens with zero attached hydrogens (tertiary/aromatic N) is 3. The van der Waals surface area contributed by atoms with Gasteiger partial charge >= 0.3 is 0 Å². The predicted molar refractivity (Wildman–Crippen MR) is 77.1 cm³/mol. The zero-order valence-electron chi connectivity index (χ0n) is 11.8. The molecular formula is C14H18ClN3O2. The SMILES string of the molecule is CCOC(OCC)c1cn(-c2cccc(Cl)c2C)nn1. The number of hydrogen-bond donors (Lipinski definition) is 0. The van der Waals surface area contributed by atoms with E-state index in [1.165, 1.54) is 0 Å². The van der Waals surface area contributed by atoms with E-state index in [0.717, 1.165) is 11.3 Å². The Labute approximate surface area is 123 Å². The smallest absolute Gasteiger partial charge is 0.204 e. The van der Waals surface area contributed by atoms with Crippen LogP contribution in [0.1, 0.15) is 31.4 Å². The molecule has 0 radical (unpaired) electrons. The topological polar surface area (TPSA) is 49.2 Å². The van der Waals surface area contributed by atoms with Crippen molar-refractivity contribution in [2.75, 3.05) is 13.2 Å². The molecule has 6 heteroatoms. The lowest BCUT2D eigenvalue weighted by molar-refractivity contribution is -0.142. The lowest BCUT2D eigenvalue weighted by Gasteiger charge is -2.13. The highest BCUT2D eigenvalue weighted by Crippen LogP contribution is 2.23. The highest BCUT2D eigenvalue weighted by molar-refractivity contribution is 6.31. The normalized spacial score (nSPS) is 11.2. The van der Waals surface area contributed by atoms with Gasteiger partial charge in [-0.15, -0.1) is 5.10 Å². The lowest BCUT2D eigenvalue weighted by atomic mass is 10.2. The van der Waals surface area contributed by atoms with Gasteiger partial charge in [-0.3, -0.25) is 0 Å². The minimum atomic E-state index is -0.488. The van der Waals surface area contributed by atoms with Crippen LogP contribution in [0.15, 0.2) is 24.4 Å². The van der Waals surface area contributed by atoms with Crippen LogP contribution < -0.4 is 0 Å². The summed E-state index contributed by atoms with van der Waals surface area (Å²) in [6.45, 7) is 6.87. The largest absolute Gasteiger partial charge is 0.347 e. The van der Waals surface area contributed by atoms with Crippen LogP contribution in [0.4, 0.5) is 0 Å². The monoisotopic (exact) mass is 295 g/mol. The number of rotatable bonds is 6. The third kappa shape index (κ3) is 3.17. The lowest BCUT2D eigenvalue weighted by Crippen LogP contribution is -2.09. The molecule has 1 heterocycles. The first-order valence-electron chi connectivity index (χ1n) is 6.58. The van der Waals surface area contributed by atoms with Gasteiger partial charge in [-0.25, -0.2) is 4.68 Å². The number of ether oxygens (including phenoxy) is 2. The van der Waals surface area contributed by atoms with Gasteiger partial charge < -0.3 is 9.47 Å². The molecule has 5 nitrogen and oxygen atoms in total. The van der Waals surface area contributed by atoms with E-state index >= 15 is 0 Å². The first-order valence-corrected chi connectivity index (χ1v) is 6.96. The van der Waals surface area contributed by atoms with E-state index in [-0.39, 0.29) is 0 Å². The summed E-state index contributed by atoms with van der Waals surface area (Å²) in [4.78, 5) is 0. The number of aromatic nitrogens is 3. The summed E-state index contributed by atoms with van der Waals surface area (Å²) in [5.41, 5.74) is 2.49. The molecule has 1 aromatic heterocycles. The summed E-state index contributed by atoms with van der Waals surface area (Å²) in [7, 11) is 0. The molecule has 2 aromatic rings. The van der Waals surface area contributed by atoms with Crippen molar-refractivity contribution in [1.82, 2.24) is 15.0 Å². The molecule has 0 saturated carbocycles. The second-order valence-corrected chi connectivity index (χ2v) is 4.62. The van der Waals surface area contributed by atoms with E-state index in [2.05, 4.69) is 10.3 Å². The molecule has 0 amide bonds. The molecule has 108 valence electrons. The van der Waals surface area contributed by atoms with Crippen LogP contribution in [0.5, 0.6) is 0 Å². The average molecular weight is 296 g/mol. The van der Waals surface area contributed by atoms with E-state index in [9.17, 15) is 0 Å². The molecule has 0 fully saturated rings. The van der Waals surface area contributed by atoms with Gasteiger partial charge in [0.2, 0.25) is 6.29 Å². The molecule has 0 bridgehead atoms. The molecule has 0 spiro atoms. The molecule has 0 aliphatic carbocycles. The maximum atomic E-state index is 6.12. The summed E-state index contributed by atoms with van der Waals surface area (Å²) >= 11 is 6.12. The zero-order chi connectivity index (χ0) is 14.5. The van der Waals surface area contributed by atoms with E-state index in [4.69, 9.17) is 21.1 Å². The van der Waals surface area contributed by atoms with Gasteiger partial charge in [0, 0.05) is 18.2 Å². The number of hydrogen-bond acceptors (Lipinski definition) is 4. The third-order valence-corrected chi connectivity index (χ3v) is 3.28. The van der Waals surface area contributed by atoms with Crippen molar-refractivity contribution >= 4 is 11.6 Å². The standard InChI is InChI=1S/C14H18ClN3O2/c1-4-19-14(20-5-2)12-9-18(17-16-12)13-8-6-7-11(15)10(13)3/h6-9,14H,4-5H2,1-3H3. The number of halogens is 1. The molecule has 0 unspecified atom stereocenters. The van der Waals surface area contributed by atoms with Crippen molar-refractivity contribution < 1.29 is 9.47 Å². The summed E-state index contributed by atoms with van der Waals surface area (Å²) in [6, 6.07) is 5.67. The van der Waals surface area contributed by atoms with Crippen LogP contribution in [-0.2, 0) is 9.47 Å². The molecule has 1 aromatic carbocycles. The Morgan fingerprint density at radius 2 is 1.95 bits per heavy atom. The Balaban J connectivity index is 2.30. The van der Waals surface area contributed by atoms with Crippen LogP contribution in [0, 0.1) is 6.92 Å². The van der Waals surface area contributed by atoms with Crippen molar-refractivity contribution in [3.63, 3.8) is 0 Å². The minimum absolute atomic E-state index is 0.488. The Hall–Kier alpha value is -1.43. The van der Waals surface area contributed by atoms with Crippen LogP contribution in [0.3, 0.4) is 0 Å². The second kappa shape index (κ2) is 6.83. The fourth-order valence-corrected chi connectivity index (χ4v) is 2.04. The zero-order valence-corrected chi connectivity index (χ0v) is 12.6. The molecule has 20 heavy (non-hydrogen) atoms. The molecular weight excluding hydrogens is 278 g/mol. The van der Waals surface area contributed by atoms with Gasteiger partial charge in [0.1, 0.15) is 5.69 Å². The van der Waals surface area contributed by atoms with Gasteiger partial charge in [-0.1, -0.05) is 22.9 Å². The molecule has 0 N–H and O–H groups in total. The van der Waals surface area contributed by atoms with Crippen molar-refractivity contribution in [3.05, 3.63) is 40.7 Å². The molecule has 0 saturated heterocycles. The third-order valence-electron chi connectivity index (χ3n) is 2.87. The maximum Gasteiger partial charge on any atom is 0.204 e. The Bertz CT molecular complexity index is 565. The Morgan fingerprint density at radius 3 is 2.60 bits per heavy atom. The van der Waals surface area contributed by atoms with E-state index in [1.807, 2.05) is 39.0 Å². The van der Waals surface area contributed by atoms with Crippen LogP contribution >= 0.6 is 11.6 Å². The van der Waals surface area contributed by atoms with Gasteiger partial charge in [-0.05, 0) is 38.5 Å². The first-order chi connectivity index (χ1) is 9.67. The summed E-state index contributed by atoms with van der Waals surface area (Å²) in [5.74, 6) is 0. The van der Waals surface area contributed by atoms with Gasteiger partial charge in [0.15, 0.2) is 0 Å².